The van der Waals surface area contributed by atoms with Gasteiger partial charge in [-0.15, -0.1) is 11.3 Å². The van der Waals surface area contributed by atoms with Crippen molar-refractivity contribution >= 4 is 40.1 Å². The fourth-order valence-corrected chi connectivity index (χ4v) is 4.81. The number of nitrogens with zero attached hydrogens (tertiary/aromatic N) is 4. The van der Waals surface area contributed by atoms with Crippen molar-refractivity contribution in [3.63, 3.8) is 0 Å². The Morgan fingerprint density at radius 2 is 1.95 bits per heavy atom. The summed E-state index contributed by atoms with van der Waals surface area (Å²) in [5, 5.41) is 11.3. The van der Waals surface area contributed by atoms with E-state index in [1.54, 1.807) is 17.2 Å². The number of amides is 3. The van der Waals surface area contributed by atoms with Gasteiger partial charge in [0.15, 0.2) is 10.8 Å². The molecule has 202 valence electrons. The quantitative estimate of drug-likeness (QED) is 0.255. The zero-order valence-electron chi connectivity index (χ0n) is 20.9. The molecule has 4 N–H and O–H groups in total. The van der Waals surface area contributed by atoms with Crippen molar-refractivity contribution in [1.29, 1.82) is 0 Å². The van der Waals surface area contributed by atoms with Crippen molar-refractivity contribution in [3.8, 4) is 0 Å². The number of hydrogen-bond donors (Lipinski definition) is 3. The molecule has 1 aromatic heterocycles. The van der Waals surface area contributed by atoms with E-state index in [1.165, 1.54) is 42.7 Å². The van der Waals surface area contributed by atoms with Crippen LogP contribution in [0.15, 0.2) is 46.1 Å². The van der Waals surface area contributed by atoms with Gasteiger partial charge >= 0.3 is 12.0 Å². The van der Waals surface area contributed by atoms with Crippen LogP contribution in [-0.4, -0.2) is 84.8 Å². The number of aromatic nitrogens is 1. The third-order valence-corrected chi connectivity index (χ3v) is 6.72. The Labute approximate surface area is 222 Å². The van der Waals surface area contributed by atoms with E-state index in [2.05, 4.69) is 20.8 Å². The third-order valence-electron chi connectivity index (χ3n) is 6.04. The van der Waals surface area contributed by atoms with Crippen LogP contribution in [0, 0.1) is 5.82 Å². The molecular weight excluding hydrogens is 517 g/mol. The highest BCUT2D eigenvalue weighted by atomic mass is 32.1. The number of carbonyl (C=O) groups is 3. The molecule has 2 aliphatic heterocycles. The number of carbonyl (C=O) groups excluding carboxylic acids is 3. The summed E-state index contributed by atoms with van der Waals surface area (Å²) in [6.07, 6.45) is 0. The monoisotopic (exact) mass is 545 g/mol. The number of anilines is 1. The van der Waals surface area contributed by atoms with Gasteiger partial charge in [0.25, 0.3) is 5.91 Å². The Morgan fingerprint density at radius 1 is 1.24 bits per heavy atom. The second-order valence-corrected chi connectivity index (χ2v) is 9.35. The number of ether oxygens (including phenoxy) is 1. The van der Waals surface area contributed by atoms with Crippen LogP contribution >= 0.6 is 11.3 Å². The van der Waals surface area contributed by atoms with Crippen molar-refractivity contribution in [1.82, 2.24) is 25.4 Å². The van der Waals surface area contributed by atoms with Gasteiger partial charge < -0.3 is 30.8 Å². The van der Waals surface area contributed by atoms with Gasteiger partial charge in [-0.3, -0.25) is 9.69 Å². The fourth-order valence-electron chi connectivity index (χ4n) is 4.26. The zero-order valence-corrected chi connectivity index (χ0v) is 21.7. The van der Waals surface area contributed by atoms with Crippen LogP contribution in [0.2, 0.25) is 0 Å². The molecule has 3 heterocycles. The molecule has 0 saturated carbocycles. The van der Waals surface area contributed by atoms with Crippen molar-refractivity contribution in [2.75, 3.05) is 52.2 Å². The number of nitrogens with two attached hydrogens (primary N) is 1. The lowest BCUT2D eigenvalue weighted by atomic mass is 9.95. The molecule has 0 aliphatic carbocycles. The number of urea groups is 1. The van der Waals surface area contributed by atoms with E-state index in [0.29, 0.717) is 48.3 Å². The molecule has 0 spiro atoms. The number of benzene rings is 1. The predicted octanol–water partition coefficient (Wildman–Crippen LogP) is 1.23. The molecule has 1 saturated heterocycles. The van der Waals surface area contributed by atoms with E-state index in [1.807, 2.05) is 4.90 Å². The van der Waals surface area contributed by atoms with Gasteiger partial charge in [-0.2, -0.15) is 0 Å². The molecule has 1 aromatic carbocycles. The number of esters is 1. The van der Waals surface area contributed by atoms with E-state index in [0.717, 1.165) is 0 Å². The van der Waals surface area contributed by atoms with E-state index in [-0.39, 0.29) is 30.3 Å². The molecular formula is C24H28FN7O5S. The number of rotatable bonds is 8. The second kappa shape index (κ2) is 12.0. The Bertz CT molecular complexity index is 1260. The molecule has 1 fully saturated rings. The lowest BCUT2D eigenvalue weighted by molar-refractivity contribution is -0.139. The van der Waals surface area contributed by atoms with E-state index >= 15 is 0 Å². The highest BCUT2D eigenvalue weighted by Crippen LogP contribution is 2.28. The maximum Gasteiger partial charge on any atom is 0.338 e. The SMILES string of the molecule is CCOC(=O)C1=C(CN2CCN(C(=O)/C(=N/OC)c3csc(N)n3)CC2)NC(=O)NC1c1ccc(F)cc1. The first-order valence-electron chi connectivity index (χ1n) is 11.9. The standard InChI is InChI=1S/C24H28FN7O5S/c1-3-37-22(34)18-16(28-24(35)29-19(18)14-4-6-15(25)7-5-14)12-31-8-10-32(11-9-31)21(33)20(30-36-2)17-13-38-23(26)27-17/h4-7,13,19H,3,8-12H2,1-2H3,(H2,26,27)(H2,28,29,35)/b30-20+. The maximum atomic E-state index is 13.5. The first kappa shape index (κ1) is 27.0. The van der Waals surface area contributed by atoms with Crippen molar-refractivity contribution in [3.05, 3.63) is 58.0 Å². The van der Waals surface area contributed by atoms with Crippen LogP contribution in [0.3, 0.4) is 0 Å². The Balaban J connectivity index is 1.51. The average Bonchev–Trinajstić information content (AvgIpc) is 3.33. The predicted molar refractivity (Wildman–Crippen MR) is 138 cm³/mol. The Morgan fingerprint density at radius 3 is 2.55 bits per heavy atom. The van der Waals surface area contributed by atoms with Crippen LogP contribution in [0.4, 0.5) is 14.3 Å². The van der Waals surface area contributed by atoms with Crippen LogP contribution < -0.4 is 16.4 Å². The lowest BCUT2D eigenvalue weighted by Gasteiger charge is -2.37. The summed E-state index contributed by atoms with van der Waals surface area (Å²) in [5.74, 6) is -1.35. The number of piperazine rings is 1. The molecule has 4 rings (SSSR count). The molecule has 1 unspecified atom stereocenters. The average molecular weight is 546 g/mol. The molecule has 1 atom stereocenters. The molecule has 0 bridgehead atoms. The van der Waals surface area contributed by atoms with Gasteiger partial charge in [0.2, 0.25) is 0 Å². The van der Waals surface area contributed by atoms with Crippen molar-refractivity contribution < 1.29 is 28.3 Å². The largest absolute Gasteiger partial charge is 0.463 e. The minimum Gasteiger partial charge on any atom is -0.463 e. The van der Waals surface area contributed by atoms with Gasteiger partial charge in [-0.1, -0.05) is 17.3 Å². The molecule has 2 aromatic rings. The van der Waals surface area contributed by atoms with E-state index in [9.17, 15) is 18.8 Å². The van der Waals surface area contributed by atoms with Gasteiger partial charge in [-0.25, -0.2) is 19.0 Å². The molecule has 12 nitrogen and oxygen atoms in total. The summed E-state index contributed by atoms with van der Waals surface area (Å²) in [4.78, 5) is 51.2. The zero-order chi connectivity index (χ0) is 27.2. The number of nitrogen functional groups attached to an aromatic ring is 1. The molecule has 14 heteroatoms. The maximum absolute atomic E-state index is 13.5. The topological polar surface area (TPSA) is 151 Å². The van der Waals surface area contributed by atoms with Gasteiger partial charge in [0, 0.05) is 43.8 Å². The summed E-state index contributed by atoms with van der Waals surface area (Å²) >= 11 is 1.20. The Kier molecular flexibility index (Phi) is 8.53. The number of oxime groups is 1. The summed E-state index contributed by atoms with van der Waals surface area (Å²) in [6, 6.07) is 4.27. The number of nitrogens with one attached hydrogen (secondary N) is 2. The minimum atomic E-state index is -0.806. The van der Waals surface area contributed by atoms with Gasteiger partial charge in [0.05, 0.1) is 18.2 Å². The normalized spacial score (nSPS) is 18.6. The summed E-state index contributed by atoms with van der Waals surface area (Å²) in [6.45, 7) is 3.76. The summed E-state index contributed by atoms with van der Waals surface area (Å²) in [7, 11) is 1.35. The first-order valence-corrected chi connectivity index (χ1v) is 12.8. The van der Waals surface area contributed by atoms with E-state index in [4.69, 9.17) is 15.3 Å². The molecule has 0 radical (unpaired) electrons. The third kappa shape index (κ3) is 6.08. The Hall–Kier alpha value is -4.04. The smallest absolute Gasteiger partial charge is 0.338 e. The summed E-state index contributed by atoms with van der Waals surface area (Å²) in [5.41, 5.74) is 7.29. The highest BCUT2D eigenvalue weighted by Gasteiger charge is 2.35. The van der Waals surface area contributed by atoms with Crippen molar-refractivity contribution in [2.24, 2.45) is 5.16 Å². The van der Waals surface area contributed by atoms with Crippen molar-refractivity contribution in [2.45, 2.75) is 13.0 Å². The van der Waals surface area contributed by atoms with E-state index < -0.39 is 23.9 Å². The molecule has 38 heavy (non-hydrogen) atoms. The first-order chi connectivity index (χ1) is 18.3. The number of halogens is 1. The highest BCUT2D eigenvalue weighted by molar-refractivity contribution is 7.13. The van der Waals surface area contributed by atoms with Crippen LogP contribution in [0.1, 0.15) is 24.2 Å². The second-order valence-electron chi connectivity index (χ2n) is 8.46. The van der Waals surface area contributed by atoms with Gasteiger partial charge in [0.1, 0.15) is 18.6 Å². The van der Waals surface area contributed by atoms with Gasteiger partial charge in [-0.05, 0) is 24.6 Å². The number of hydrogen-bond acceptors (Lipinski definition) is 10. The van der Waals surface area contributed by atoms with Crippen LogP contribution in [0.5, 0.6) is 0 Å². The minimum absolute atomic E-state index is 0.0639. The molecule has 3 amide bonds. The van der Waals surface area contributed by atoms with Crippen LogP contribution in [-0.2, 0) is 19.2 Å². The fraction of sp³-hybridized carbons (Fsp3) is 0.375. The van der Waals surface area contributed by atoms with Crippen LogP contribution in [0.25, 0.3) is 0 Å². The lowest BCUT2D eigenvalue weighted by Crippen LogP contribution is -2.53. The molecule has 2 aliphatic rings. The summed E-state index contributed by atoms with van der Waals surface area (Å²) < 4.78 is 18.8. The number of thiazole rings is 1.